The fourth-order valence-electron chi connectivity index (χ4n) is 2.87. The predicted octanol–water partition coefficient (Wildman–Crippen LogP) is 4.27. The van der Waals surface area contributed by atoms with Gasteiger partial charge in [0.15, 0.2) is 0 Å². The molecular formula is C19H27OP. The molecule has 0 radical (unpaired) electrons. The van der Waals surface area contributed by atoms with E-state index >= 15 is 0 Å². The summed E-state index contributed by atoms with van der Waals surface area (Å²) in [6, 6.07) is 20.5. The van der Waals surface area contributed by atoms with E-state index in [4.69, 9.17) is 0 Å². The van der Waals surface area contributed by atoms with Crippen molar-refractivity contribution in [2.24, 2.45) is 0 Å². The van der Waals surface area contributed by atoms with E-state index in [0.29, 0.717) is 0 Å². The Morgan fingerprint density at radius 3 is 1.67 bits per heavy atom. The van der Waals surface area contributed by atoms with Crippen LogP contribution in [0.4, 0.5) is 0 Å². The minimum atomic E-state index is -2.56. The maximum atomic E-state index is 11.4. The van der Waals surface area contributed by atoms with Gasteiger partial charge < -0.3 is 0 Å². The van der Waals surface area contributed by atoms with Crippen molar-refractivity contribution >= 4 is 18.1 Å². The van der Waals surface area contributed by atoms with Crippen molar-refractivity contribution in [2.45, 2.75) is 39.0 Å². The molecule has 0 saturated carbocycles. The van der Waals surface area contributed by atoms with Gasteiger partial charge >= 0.3 is 129 Å². The van der Waals surface area contributed by atoms with Crippen molar-refractivity contribution in [2.75, 3.05) is 6.16 Å². The molecule has 0 heterocycles. The second-order valence-electron chi connectivity index (χ2n) is 5.76. The van der Waals surface area contributed by atoms with Gasteiger partial charge in [0.25, 0.3) is 0 Å². The molecule has 2 aromatic carbocycles. The number of hydrogen-bond donors (Lipinski definition) is 1. The Morgan fingerprint density at radius 1 is 0.714 bits per heavy atom. The van der Waals surface area contributed by atoms with Gasteiger partial charge in [-0.25, -0.2) is 0 Å². The fourth-order valence-corrected chi connectivity index (χ4v) is 6.03. The molecule has 0 spiro atoms. The van der Waals surface area contributed by atoms with Crippen molar-refractivity contribution in [1.29, 1.82) is 0 Å². The first kappa shape index (κ1) is 16.2. The molecule has 1 N–H and O–H groups in total. The topological polar surface area (TPSA) is 20.2 Å². The van der Waals surface area contributed by atoms with Crippen LogP contribution in [0.3, 0.4) is 0 Å². The molecule has 0 amide bonds. The van der Waals surface area contributed by atoms with Crippen LogP contribution in [-0.2, 0) is 0 Å². The molecule has 2 heteroatoms. The Hall–Kier alpha value is -1.17. The minimum absolute atomic E-state index is 0.921. The molecule has 2 aromatic rings. The number of hydrogen-bond acceptors (Lipinski definition) is 1. The Morgan fingerprint density at radius 2 is 1.19 bits per heavy atom. The molecule has 0 aromatic heterocycles. The van der Waals surface area contributed by atoms with Crippen LogP contribution in [0.25, 0.3) is 0 Å². The maximum absolute atomic E-state index is 11.4. The average Bonchev–Trinajstić information content (AvgIpc) is 2.56. The van der Waals surface area contributed by atoms with Crippen molar-refractivity contribution in [1.82, 2.24) is 0 Å². The van der Waals surface area contributed by atoms with Gasteiger partial charge in [0, 0.05) is 0 Å². The van der Waals surface area contributed by atoms with Crippen LogP contribution in [0.5, 0.6) is 0 Å². The van der Waals surface area contributed by atoms with Gasteiger partial charge in [-0.2, -0.15) is 0 Å². The monoisotopic (exact) mass is 302 g/mol. The normalized spacial score (nSPS) is 12.3. The van der Waals surface area contributed by atoms with E-state index in [2.05, 4.69) is 31.2 Å². The van der Waals surface area contributed by atoms with Gasteiger partial charge in [-0.15, -0.1) is 0 Å². The summed E-state index contributed by atoms with van der Waals surface area (Å²) < 4.78 is 0. The zero-order chi connectivity index (χ0) is 15.0. The average molecular weight is 302 g/mol. The van der Waals surface area contributed by atoms with Crippen LogP contribution in [0.1, 0.15) is 39.0 Å². The molecular weight excluding hydrogens is 275 g/mol. The Balaban J connectivity index is 2.15. The van der Waals surface area contributed by atoms with E-state index in [9.17, 15) is 4.89 Å². The summed E-state index contributed by atoms with van der Waals surface area (Å²) in [5.41, 5.74) is 0. The van der Waals surface area contributed by atoms with Gasteiger partial charge in [-0.1, -0.05) is 0 Å². The fraction of sp³-hybridized carbons (Fsp3) is 0.368. The number of benzene rings is 2. The van der Waals surface area contributed by atoms with Gasteiger partial charge in [-0.3, -0.25) is 0 Å². The SMILES string of the molecule is CCCCCCC[PH](O)(c1ccccc1)c1ccccc1. The second-order valence-corrected chi connectivity index (χ2v) is 9.13. The molecule has 0 aliphatic carbocycles. The summed E-state index contributed by atoms with van der Waals surface area (Å²) in [5, 5.41) is 2.26. The van der Waals surface area contributed by atoms with Gasteiger partial charge in [-0.05, 0) is 0 Å². The summed E-state index contributed by atoms with van der Waals surface area (Å²) in [4.78, 5) is 11.4. The first-order valence-electron chi connectivity index (χ1n) is 8.11. The molecule has 0 fully saturated rings. The molecule has 2 rings (SSSR count). The van der Waals surface area contributed by atoms with E-state index in [1.807, 2.05) is 36.4 Å². The summed E-state index contributed by atoms with van der Waals surface area (Å²) in [6.07, 6.45) is 7.11. The zero-order valence-electron chi connectivity index (χ0n) is 13.0. The summed E-state index contributed by atoms with van der Waals surface area (Å²) in [7, 11) is -2.56. The van der Waals surface area contributed by atoms with Crippen molar-refractivity contribution < 1.29 is 4.89 Å². The summed E-state index contributed by atoms with van der Waals surface area (Å²) in [5.74, 6) is 0. The number of unbranched alkanes of at least 4 members (excludes halogenated alkanes) is 4. The van der Waals surface area contributed by atoms with Crippen LogP contribution in [0.15, 0.2) is 60.7 Å². The third kappa shape index (κ3) is 4.40. The van der Waals surface area contributed by atoms with Gasteiger partial charge in [0.05, 0.1) is 0 Å². The van der Waals surface area contributed by atoms with Crippen LogP contribution in [-0.4, -0.2) is 11.1 Å². The van der Waals surface area contributed by atoms with E-state index in [0.717, 1.165) is 23.2 Å². The Labute approximate surface area is 129 Å². The number of rotatable bonds is 8. The van der Waals surface area contributed by atoms with E-state index < -0.39 is 7.49 Å². The van der Waals surface area contributed by atoms with Gasteiger partial charge in [0.1, 0.15) is 0 Å². The molecule has 1 nitrogen and oxygen atoms in total. The second kappa shape index (κ2) is 8.32. The van der Waals surface area contributed by atoms with Crippen molar-refractivity contribution in [3.05, 3.63) is 60.7 Å². The molecule has 0 saturated heterocycles. The quantitative estimate of drug-likeness (QED) is 0.570. The zero-order valence-corrected chi connectivity index (χ0v) is 14.0. The Bertz CT molecular complexity index is 470. The first-order chi connectivity index (χ1) is 10.3. The third-order valence-corrected chi connectivity index (χ3v) is 7.80. The molecule has 114 valence electrons. The predicted molar refractivity (Wildman–Crippen MR) is 96.3 cm³/mol. The van der Waals surface area contributed by atoms with Crippen LogP contribution in [0.2, 0.25) is 0 Å². The Kier molecular flexibility index (Phi) is 6.42. The van der Waals surface area contributed by atoms with Crippen molar-refractivity contribution in [3.8, 4) is 0 Å². The summed E-state index contributed by atoms with van der Waals surface area (Å²) >= 11 is 0. The first-order valence-corrected chi connectivity index (χ1v) is 10.3. The van der Waals surface area contributed by atoms with Crippen LogP contribution >= 0.6 is 7.49 Å². The summed E-state index contributed by atoms with van der Waals surface area (Å²) in [6.45, 7) is 2.24. The van der Waals surface area contributed by atoms with Gasteiger partial charge in [0.2, 0.25) is 0 Å². The molecule has 0 bridgehead atoms. The molecule has 0 aliphatic rings. The standard InChI is InChI=1S/C19H27OP/c1-2-3-4-5-12-17-21(20,18-13-8-6-9-14-18)19-15-10-7-11-16-19/h6-11,13-16,20-21H,2-5,12,17H2,1H3. The molecule has 0 aliphatic heterocycles. The van der Waals surface area contributed by atoms with E-state index in [1.54, 1.807) is 0 Å². The third-order valence-electron chi connectivity index (χ3n) is 4.14. The van der Waals surface area contributed by atoms with E-state index in [1.165, 1.54) is 25.7 Å². The van der Waals surface area contributed by atoms with Crippen molar-refractivity contribution in [3.63, 3.8) is 0 Å². The molecule has 0 atom stereocenters. The molecule has 21 heavy (non-hydrogen) atoms. The van der Waals surface area contributed by atoms with Crippen LogP contribution < -0.4 is 10.6 Å². The molecule has 0 unspecified atom stereocenters. The van der Waals surface area contributed by atoms with E-state index in [-0.39, 0.29) is 0 Å². The van der Waals surface area contributed by atoms with Crippen LogP contribution in [0, 0.1) is 0 Å².